The van der Waals surface area contributed by atoms with E-state index in [2.05, 4.69) is 51.8 Å². The Hall–Kier alpha value is -0.580. The first-order valence-electron chi connectivity index (χ1n) is 6.41. The molecule has 0 aliphatic carbocycles. The van der Waals surface area contributed by atoms with E-state index in [1.54, 1.807) is 6.92 Å². The number of aliphatic hydroxyl groups excluding tert-OH is 1. The Morgan fingerprint density at radius 3 is 2.67 bits per heavy atom. The molecule has 1 aromatic rings. The van der Waals surface area contributed by atoms with Crippen molar-refractivity contribution >= 4 is 21.6 Å². The summed E-state index contributed by atoms with van der Waals surface area (Å²) in [6.45, 7) is 7.29. The van der Waals surface area contributed by atoms with Gasteiger partial charge in [-0.1, -0.05) is 22.0 Å². The average Bonchev–Trinajstić information content (AvgIpc) is 2.28. The van der Waals surface area contributed by atoms with Crippen LogP contribution in [-0.2, 0) is 0 Å². The maximum absolute atomic E-state index is 9.64. The number of halogens is 1. The first kappa shape index (κ1) is 13.8. The van der Waals surface area contributed by atoms with Crippen LogP contribution in [0.25, 0.3) is 0 Å². The van der Waals surface area contributed by atoms with E-state index >= 15 is 0 Å². The fourth-order valence-corrected chi connectivity index (χ4v) is 3.25. The minimum Gasteiger partial charge on any atom is -0.389 e. The van der Waals surface area contributed by atoms with Crippen molar-refractivity contribution in [2.24, 2.45) is 0 Å². The molecule has 18 heavy (non-hydrogen) atoms. The molecule has 1 fully saturated rings. The predicted molar refractivity (Wildman–Crippen MR) is 79.1 cm³/mol. The van der Waals surface area contributed by atoms with Crippen LogP contribution in [0.15, 0.2) is 22.7 Å². The lowest BCUT2D eigenvalue weighted by Crippen LogP contribution is -2.50. The van der Waals surface area contributed by atoms with E-state index in [0.717, 1.165) is 29.7 Å². The van der Waals surface area contributed by atoms with Gasteiger partial charge in [0.1, 0.15) is 0 Å². The average molecular weight is 313 g/mol. The molecule has 1 heterocycles. The third-order valence-electron chi connectivity index (χ3n) is 3.60. The Kier molecular flexibility index (Phi) is 4.30. The molecule has 3 nitrogen and oxygen atoms in total. The zero-order chi connectivity index (χ0) is 13.3. The van der Waals surface area contributed by atoms with Crippen LogP contribution in [0.5, 0.6) is 0 Å². The molecule has 0 radical (unpaired) electrons. The lowest BCUT2D eigenvalue weighted by molar-refractivity contribution is 0.198. The lowest BCUT2D eigenvalue weighted by Gasteiger charge is -2.40. The predicted octanol–water partition coefficient (Wildman–Crippen LogP) is 2.64. The SMILES string of the molecule is CC(O)c1ccc(N2CCN(C)CC2C)cc1Br. The smallest absolute Gasteiger partial charge is 0.0772 e. The number of anilines is 1. The van der Waals surface area contributed by atoms with Crippen molar-refractivity contribution < 1.29 is 5.11 Å². The second kappa shape index (κ2) is 5.59. The number of nitrogens with zero attached hydrogens (tertiary/aromatic N) is 2. The Labute approximate surface area is 118 Å². The van der Waals surface area contributed by atoms with Crippen LogP contribution in [0.1, 0.15) is 25.5 Å². The van der Waals surface area contributed by atoms with Crippen LogP contribution in [0.4, 0.5) is 5.69 Å². The Bertz CT molecular complexity index is 422. The Morgan fingerprint density at radius 2 is 2.11 bits per heavy atom. The second-order valence-electron chi connectivity index (χ2n) is 5.19. The molecule has 1 N–H and O–H groups in total. The van der Waals surface area contributed by atoms with E-state index in [1.807, 2.05) is 6.07 Å². The van der Waals surface area contributed by atoms with Crippen molar-refractivity contribution in [2.45, 2.75) is 26.0 Å². The number of aliphatic hydroxyl groups is 1. The van der Waals surface area contributed by atoms with Gasteiger partial charge in [0.25, 0.3) is 0 Å². The zero-order valence-corrected chi connectivity index (χ0v) is 12.8. The number of rotatable bonds is 2. The first-order chi connectivity index (χ1) is 8.49. The summed E-state index contributed by atoms with van der Waals surface area (Å²) in [5.74, 6) is 0. The first-order valence-corrected chi connectivity index (χ1v) is 7.21. The molecular formula is C14H21BrN2O. The largest absolute Gasteiger partial charge is 0.389 e. The highest BCUT2D eigenvalue weighted by Gasteiger charge is 2.22. The van der Waals surface area contributed by atoms with Crippen LogP contribution in [0.3, 0.4) is 0 Å². The van der Waals surface area contributed by atoms with E-state index in [1.165, 1.54) is 5.69 Å². The molecule has 2 unspecified atom stereocenters. The minimum absolute atomic E-state index is 0.432. The highest BCUT2D eigenvalue weighted by Crippen LogP contribution is 2.29. The number of likely N-dealkylation sites (N-methyl/N-ethyl adjacent to an activating group) is 1. The van der Waals surface area contributed by atoms with Crippen LogP contribution in [0, 0.1) is 0 Å². The third-order valence-corrected chi connectivity index (χ3v) is 4.28. The molecule has 1 aliphatic rings. The van der Waals surface area contributed by atoms with Gasteiger partial charge in [0.05, 0.1) is 6.10 Å². The Morgan fingerprint density at radius 1 is 1.39 bits per heavy atom. The van der Waals surface area contributed by atoms with Crippen LogP contribution in [-0.4, -0.2) is 42.7 Å². The fraction of sp³-hybridized carbons (Fsp3) is 0.571. The Balaban J connectivity index is 2.21. The molecule has 1 saturated heterocycles. The molecule has 0 bridgehead atoms. The van der Waals surface area contributed by atoms with E-state index < -0.39 is 6.10 Å². The summed E-state index contributed by atoms with van der Waals surface area (Å²) in [4.78, 5) is 4.79. The topological polar surface area (TPSA) is 26.7 Å². The standard InChI is InChI=1S/C14H21BrN2O/c1-10-9-16(3)6-7-17(10)12-4-5-13(11(2)18)14(15)8-12/h4-5,8,10-11,18H,6-7,9H2,1-3H3. The molecule has 1 aliphatic heterocycles. The van der Waals surface area contributed by atoms with Gasteiger partial charge < -0.3 is 14.9 Å². The summed E-state index contributed by atoms with van der Waals surface area (Å²) in [7, 11) is 2.17. The van der Waals surface area contributed by atoms with E-state index in [9.17, 15) is 5.11 Å². The lowest BCUT2D eigenvalue weighted by atomic mass is 10.1. The van der Waals surface area contributed by atoms with Gasteiger partial charge in [-0.15, -0.1) is 0 Å². The van der Waals surface area contributed by atoms with Gasteiger partial charge in [0.2, 0.25) is 0 Å². The summed E-state index contributed by atoms with van der Waals surface area (Å²) in [5, 5.41) is 9.64. The van der Waals surface area contributed by atoms with Crippen molar-refractivity contribution in [2.75, 3.05) is 31.6 Å². The van der Waals surface area contributed by atoms with E-state index in [0.29, 0.717) is 6.04 Å². The summed E-state index contributed by atoms with van der Waals surface area (Å²) in [6.07, 6.45) is -0.432. The highest BCUT2D eigenvalue weighted by atomic mass is 79.9. The van der Waals surface area contributed by atoms with Crippen LogP contribution in [0.2, 0.25) is 0 Å². The third kappa shape index (κ3) is 2.87. The molecule has 0 amide bonds. The summed E-state index contributed by atoms with van der Waals surface area (Å²) >= 11 is 3.55. The highest BCUT2D eigenvalue weighted by molar-refractivity contribution is 9.10. The minimum atomic E-state index is -0.432. The molecule has 2 rings (SSSR count). The van der Waals surface area contributed by atoms with Crippen molar-refractivity contribution in [3.8, 4) is 0 Å². The maximum atomic E-state index is 9.64. The van der Waals surface area contributed by atoms with Crippen molar-refractivity contribution in [3.05, 3.63) is 28.2 Å². The van der Waals surface area contributed by atoms with Crippen LogP contribution >= 0.6 is 15.9 Å². The maximum Gasteiger partial charge on any atom is 0.0772 e. The number of hydrogen-bond acceptors (Lipinski definition) is 3. The van der Waals surface area contributed by atoms with Gasteiger partial charge in [0.15, 0.2) is 0 Å². The number of hydrogen-bond donors (Lipinski definition) is 1. The number of piperazine rings is 1. The van der Waals surface area contributed by atoms with Gasteiger partial charge in [-0.05, 0) is 38.6 Å². The molecule has 4 heteroatoms. The van der Waals surface area contributed by atoms with Gasteiger partial charge >= 0.3 is 0 Å². The molecular weight excluding hydrogens is 292 g/mol. The van der Waals surface area contributed by atoms with Crippen molar-refractivity contribution in [3.63, 3.8) is 0 Å². The van der Waals surface area contributed by atoms with Crippen molar-refractivity contribution in [1.82, 2.24) is 4.90 Å². The number of benzene rings is 1. The van der Waals surface area contributed by atoms with E-state index in [4.69, 9.17) is 0 Å². The summed E-state index contributed by atoms with van der Waals surface area (Å²) in [6, 6.07) is 6.75. The second-order valence-corrected chi connectivity index (χ2v) is 6.04. The molecule has 1 aromatic carbocycles. The zero-order valence-electron chi connectivity index (χ0n) is 11.2. The fourth-order valence-electron chi connectivity index (χ4n) is 2.56. The molecule has 0 spiro atoms. The van der Waals surface area contributed by atoms with Crippen LogP contribution < -0.4 is 4.90 Å². The molecule has 0 saturated carbocycles. The van der Waals surface area contributed by atoms with Gasteiger partial charge in [-0.25, -0.2) is 0 Å². The molecule has 0 aromatic heterocycles. The van der Waals surface area contributed by atoms with E-state index in [-0.39, 0.29) is 0 Å². The summed E-state index contributed by atoms with van der Waals surface area (Å²) < 4.78 is 0.987. The molecule has 2 atom stereocenters. The monoisotopic (exact) mass is 312 g/mol. The van der Waals surface area contributed by atoms with Gasteiger partial charge in [-0.2, -0.15) is 0 Å². The normalized spacial score (nSPS) is 23.2. The van der Waals surface area contributed by atoms with Crippen molar-refractivity contribution in [1.29, 1.82) is 0 Å². The van der Waals surface area contributed by atoms with Gasteiger partial charge in [0, 0.05) is 35.8 Å². The summed E-state index contributed by atoms with van der Waals surface area (Å²) in [5.41, 5.74) is 2.17. The molecule has 100 valence electrons. The quantitative estimate of drug-likeness (QED) is 0.909. The van der Waals surface area contributed by atoms with Gasteiger partial charge in [-0.3, -0.25) is 0 Å².